The molecular formula is C16H18N6O5. The molecule has 0 spiro atoms. The highest BCUT2D eigenvalue weighted by Gasteiger charge is 2.48. The average Bonchev–Trinajstić information content (AvgIpc) is 3.00. The molecule has 2 aromatic heterocycles. The van der Waals surface area contributed by atoms with Crippen LogP contribution in [0, 0.1) is 0 Å². The van der Waals surface area contributed by atoms with E-state index in [-0.39, 0.29) is 25.3 Å². The van der Waals surface area contributed by atoms with Crippen molar-refractivity contribution in [3.63, 3.8) is 0 Å². The van der Waals surface area contributed by atoms with Gasteiger partial charge in [0.25, 0.3) is 11.8 Å². The zero-order valence-electron chi connectivity index (χ0n) is 14.1. The minimum absolute atomic E-state index is 0.0210. The van der Waals surface area contributed by atoms with E-state index >= 15 is 0 Å². The molecule has 0 aliphatic carbocycles. The monoisotopic (exact) mass is 374 g/mol. The third-order valence-electron chi connectivity index (χ3n) is 4.16. The third kappa shape index (κ3) is 4.39. The fourth-order valence-corrected chi connectivity index (χ4v) is 2.58. The minimum Gasteiger partial charge on any atom is -0.387 e. The van der Waals surface area contributed by atoms with E-state index in [9.17, 15) is 19.8 Å². The van der Waals surface area contributed by atoms with Crippen LogP contribution in [0.2, 0.25) is 0 Å². The van der Waals surface area contributed by atoms with Crippen LogP contribution in [0.5, 0.6) is 0 Å². The number of aliphatic hydroxyl groups is 2. The first kappa shape index (κ1) is 18.8. The molecular weight excluding hydrogens is 356 g/mol. The van der Waals surface area contributed by atoms with Crippen molar-refractivity contribution in [3.05, 3.63) is 48.0 Å². The van der Waals surface area contributed by atoms with Gasteiger partial charge in [0.1, 0.15) is 17.8 Å². The predicted molar refractivity (Wildman–Crippen MR) is 89.4 cm³/mol. The van der Waals surface area contributed by atoms with Gasteiger partial charge in [-0.3, -0.25) is 9.59 Å². The lowest BCUT2D eigenvalue weighted by molar-refractivity contribution is -0.0464. The summed E-state index contributed by atoms with van der Waals surface area (Å²) < 4.78 is 5.39. The summed E-state index contributed by atoms with van der Waals surface area (Å²) in [6.07, 6.45) is 3.22. The molecule has 3 atom stereocenters. The second-order valence-electron chi connectivity index (χ2n) is 6.05. The van der Waals surface area contributed by atoms with Crippen LogP contribution in [0.3, 0.4) is 0 Å². The van der Waals surface area contributed by atoms with Crippen molar-refractivity contribution in [1.82, 2.24) is 31.0 Å². The minimum atomic E-state index is -1.68. The van der Waals surface area contributed by atoms with E-state index in [4.69, 9.17) is 4.74 Å². The number of hydrogen-bond acceptors (Lipinski definition) is 9. The lowest BCUT2D eigenvalue weighted by Gasteiger charge is -2.26. The molecule has 3 heterocycles. The van der Waals surface area contributed by atoms with E-state index < -0.39 is 29.6 Å². The lowest BCUT2D eigenvalue weighted by Crippen LogP contribution is -2.53. The van der Waals surface area contributed by atoms with Crippen LogP contribution in [0.25, 0.3) is 0 Å². The molecule has 4 N–H and O–H groups in total. The average molecular weight is 374 g/mol. The van der Waals surface area contributed by atoms with Crippen molar-refractivity contribution in [2.75, 3.05) is 19.7 Å². The molecule has 3 rings (SSSR count). The highest BCUT2D eigenvalue weighted by molar-refractivity contribution is 5.94. The molecule has 1 fully saturated rings. The molecule has 142 valence electrons. The zero-order chi connectivity index (χ0) is 19.3. The molecule has 1 aliphatic rings. The molecule has 2 aromatic rings. The number of nitrogens with zero attached hydrogens (tertiary/aromatic N) is 4. The first-order valence-corrected chi connectivity index (χ1v) is 8.11. The van der Waals surface area contributed by atoms with Gasteiger partial charge in [-0.15, -0.1) is 0 Å². The van der Waals surface area contributed by atoms with E-state index in [2.05, 4.69) is 31.0 Å². The number of carbonyl (C=O) groups is 2. The Morgan fingerprint density at radius 1 is 1.07 bits per heavy atom. The van der Waals surface area contributed by atoms with Gasteiger partial charge in [-0.2, -0.15) is 20.4 Å². The quantitative estimate of drug-likeness (QED) is 0.445. The number of hydrogen-bond donors (Lipinski definition) is 4. The summed E-state index contributed by atoms with van der Waals surface area (Å²) in [6.45, 7) is -0.443. The summed E-state index contributed by atoms with van der Waals surface area (Å²) in [6, 6.07) is 2.97. The highest BCUT2D eigenvalue weighted by Crippen LogP contribution is 2.24. The van der Waals surface area contributed by atoms with Gasteiger partial charge in [0.2, 0.25) is 0 Å². The van der Waals surface area contributed by atoms with Gasteiger partial charge >= 0.3 is 0 Å². The summed E-state index contributed by atoms with van der Waals surface area (Å²) >= 11 is 0. The number of nitrogens with one attached hydrogen (secondary N) is 2. The first-order valence-electron chi connectivity index (χ1n) is 8.11. The van der Waals surface area contributed by atoms with Crippen molar-refractivity contribution < 1.29 is 24.5 Å². The van der Waals surface area contributed by atoms with Crippen LogP contribution in [0.15, 0.2) is 36.9 Å². The van der Waals surface area contributed by atoms with Crippen LogP contribution in [-0.2, 0) is 4.74 Å². The number of aliphatic hydroxyl groups excluding tert-OH is 1. The highest BCUT2D eigenvalue weighted by atomic mass is 16.5. The van der Waals surface area contributed by atoms with Crippen LogP contribution >= 0.6 is 0 Å². The SMILES string of the molecule is O=C(NC[C@H]1OC[C@@](O)(CNC(=O)c2ccnnc2)[C@@H]1O)c1ccnnc1. The maximum absolute atomic E-state index is 12.0. The van der Waals surface area contributed by atoms with Gasteiger partial charge in [0.15, 0.2) is 0 Å². The van der Waals surface area contributed by atoms with Gasteiger partial charge in [0, 0.05) is 6.54 Å². The Morgan fingerprint density at radius 2 is 1.67 bits per heavy atom. The van der Waals surface area contributed by atoms with Gasteiger partial charge in [-0.25, -0.2) is 0 Å². The van der Waals surface area contributed by atoms with Crippen molar-refractivity contribution in [2.24, 2.45) is 0 Å². The molecule has 2 amide bonds. The fourth-order valence-electron chi connectivity index (χ4n) is 2.58. The fraction of sp³-hybridized carbons (Fsp3) is 0.375. The molecule has 0 bridgehead atoms. The van der Waals surface area contributed by atoms with E-state index in [1.54, 1.807) is 0 Å². The second-order valence-corrected chi connectivity index (χ2v) is 6.05. The summed E-state index contributed by atoms with van der Waals surface area (Å²) in [5, 5.41) is 40.4. The van der Waals surface area contributed by atoms with Crippen molar-refractivity contribution >= 4 is 11.8 Å². The van der Waals surface area contributed by atoms with Gasteiger partial charge in [0.05, 0.1) is 49.1 Å². The molecule has 27 heavy (non-hydrogen) atoms. The Kier molecular flexibility index (Phi) is 5.64. The normalized spacial score (nSPS) is 24.4. The largest absolute Gasteiger partial charge is 0.387 e. The van der Waals surface area contributed by atoms with Crippen LogP contribution < -0.4 is 10.6 Å². The van der Waals surface area contributed by atoms with Gasteiger partial charge < -0.3 is 25.6 Å². The molecule has 1 aliphatic heterocycles. The number of aromatic nitrogens is 4. The molecule has 0 radical (unpaired) electrons. The summed E-state index contributed by atoms with van der Waals surface area (Å²) in [7, 11) is 0. The summed E-state index contributed by atoms with van der Waals surface area (Å²) in [5.41, 5.74) is -1.09. The van der Waals surface area contributed by atoms with E-state index in [0.717, 1.165) is 0 Å². The Balaban J connectivity index is 1.51. The van der Waals surface area contributed by atoms with E-state index in [1.807, 2.05) is 0 Å². The van der Waals surface area contributed by atoms with Crippen LogP contribution in [0.1, 0.15) is 20.7 Å². The Hall–Kier alpha value is -3.02. The Bertz CT molecular complexity index is 792. The predicted octanol–water partition coefficient (Wildman–Crippen LogP) is -2.08. The molecule has 0 unspecified atom stereocenters. The third-order valence-corrected chi connectivity index (χ3v) is 4.16. The number of rotatable bonds is 6. The summed E-state index contributed by atoms with van der Waals surface area (Å²) in [5.74, 6) is -0.873. The smallest absolute Gasteiger partial charge is 0.253 e. The molecule has 0 saturated carbocycles. The Labute approximate surface area is 153 Å². The number of ether oxygens (including phenoxy) is 1. The molecule has 1 saturated heterocycles. The first-order chi connectivity index (χ1) is 13.0. The molecule has 11 nitrogen and oxygen atoms in total. The second kappa shape index (κ2) is 8.12. The number of carbonyl (C=O) groups excluding carboxylic acids is 2. The molecule has 0 aromatic carbocycles. The molecule has 11 heteroatoms. The van der Waals surface area contributed by atoms with Crippen molar-refractivity contribution in [3.8, 4) is 0 Å². The van der Waals surface area contributed by atoms with E-state index in [0.29, 0.717) is 5.56 Å². The van der Waals surface area contributed by atoms with E-state index in [1.165, 1.54) is 36.9 Å². The van der Waals surface area contributed by atoms with Crippen molar-refractivity contribution in [2.45, 2.75) is 17.8 Å². The topological polar surface area (TPSA) is 159 Å². The van der Waals surface area contributed by atoms with Gasteiger partial charge in [-0.1, -0.05) is 0 Å². The summed E-state index contributed by atoms with van der Waals surface area (Å²) in [4.78, 5) is 24.0. The van der Waals surface area contributed by atoms with Crippen LogP contribution in [-0.4, -0.2) is 79.9 Å². The standard InChI is InChI=1S/C16H18N6O5/c23-13-12(7-17-14(24)10-1-3-19-21-5-10)27-9-16(13,26)8-18-15(25)11-2-4-20-22-6-11/h1-6,12-13,23,26H,7-9H2,(H,17,24)(H,18,25)/t12-,13-,16+/m1/s1. The maximum atomic E-state index is 12.0. The number of amides is 2. The Morgan fingerprint density at radius 3 is 2.22 bits per heavy atom. The lowest BCUT2D eigenvalue weighted by atomic mass is 9.96. The van der Waals surface area contributed by atoms with Crippen molar-refractivity contribution in [1.29, 1.82) is 0 Å². The van der Waals surface area contributed by atoms with Crippen LogP contribution in [0.4, 0.5) is 0 Å². The zero-order valence-corrected chi connectivity index (χ0v) is 14.1. The maximum Gasteiger partial charge on any atom is 0.253 e. The van der Waals surface area contributed by atoms with Gasteiger partial charge in [-0.05, 0) is 12.1 Å².